The first-order chi connectivity index (χ1) is 14.6. The van der Waals surface area contributed by atoms with Crippen molar-refractivity contribution in [3.8, 4) is 0 Å². The van der Waals surface area contributed by atoms with Crippen LogP contribution in [0, 0.1) is 18.8 Å². The number of fused-ring (bicyclic) bond motifs is 1. The Morgan fingerprint density at radius 3 is 2.52 bits per heavy atom. The first-order valence-electron chi connectivity index (χ1n) is 11.4. The van der Waals surface area contributed by atoms with Gasteiger partial charge in [-0.2, -0.15) is 0 Å². The van der Waals surface area contributed by atoms with Gasteiger partial charge in [-0.25, -0.2) is 9.78 Å². The smallest absolute Gasteiger partial charge is 0.356 e. The molecule has 0 unspecified atom stereocenters. The van der Waals surface area contributed by atoms with Crippen molar-refractivity contribution in [1.82, 2.24) is 14.5 Å². The van der Waals surface area contributed by atoms with Crippen LogP contribution in [-0.2, 0) is 22.7 Å². The van der Waals surface area contributed by atoms with Crippen LogP contribution >= 0.6 is 0 Å². The van der Waals surface area contributed by atoms with Gasteiger partial charge in [0.15, 0.2) is 0 Å². The first kappa shape index (κ1) is 23.9. The average molecular weight is 446 g/mol. The highest BCUT2D eigenvalue weighted by Gasteiger charge is 2.24. The Labute approximate surface area is 187 Å². The largest absolute Gasteiger partial charge is 0.464 e. The van der Waals surface area contributed by atoms with E-state index in [0.717, 1.165) is 54.4 Å². The number of rotatable bonds is 8. The van der Waals surface area contributed by atoms with Crippen molar-refractivity contribution in [3.05, 3.63) is 29.1 Å². The van der Waals surface area contributed by atoms with Crippen molar-refractivity contribution in [3.63, 3.8) is 0 Å². The first-order valence-corrected chi connectivity index (χ1v) is 15.2. The van der Waals surface area contributed by atoms with E-state index >= 15 is 0 Å². The van der Waals surface area contributed by atoms with Gasteiger partial charge in [0.2, 0.25) is 0 Å². The van der Waals surface area contributed by atoms with Gasteiger partial charge < -0.3 is 14.0 Å². The molecule has 0 radical (unpaired) electrons. The van der Waals surface area contributed by atoms with E-state index in [1.54, 1.807) is 0 Å². The zero-order valence-electron chi connectivity index (χ0n) is 20.3. The summed E-state index contributed by atoms with van der Waals surface area (Å²) < 4.78 is 13.2. The third-order valence-corrected chi connectivity index (χ3v) is 7.75. The number of aryl methyl sites for hydroxylation is 1. The summed E-state index contributed by atoms with van der Waals surface area (Å²) in [5.74, 6) is 0.973. The summed E-state index contributed by atoms with van der Waals surface area (Å²) in [6.07, 6.45) is 3.37. The van der Waals surface area contributed by atoms with Crippen LogP contribution in [0.4, 0.5) is 0 Å². The number of aromatic nitrogens is 2. The minimum Gasteiger partial charge on any atom is -0.464 e. The topological polar surface area (TPSA) is 56.6 Å². The SMILES string of the molecule is COC(=O)c1cc(CN2C[C@H](C)C[C@H](C)C2)c2c(n1)c(C)cn2COCC[Si](C)(C)C. The summed E-state index contributed by atoms with van der Waals surface area (Å²) in [5.41, 5.74) is 4.49. The van der Waals surface area contributed by atoms with Crippen molar-refractivity contribution >= 4 is 25.1 Å². The van der Waals surface area contributed by atoms with Gasteiger partial charge >= 0.3 is 5.97 Å². The molecule has 172 valence electrons. The molecule has 3 heterocycles. The highest BCUT2D eigenvalue weighted by atomic mass is 28.3. The van der Waals surface area contributed by atoms with E-state index in [1.807, 2.05) is 13.0 Å². The van der Waals surface area contributed by atoms with Gasteiger partial charge in [0.25, 0.3) is 0 Å². The lowest BCUT2D eigenvalue weighted by Crippen LogP contribution is -2.38. The van der Waals surface area contributed by atoms with Crippen molar-refractivity contribution < 1.29 is 14.3 Å². The highest BCUT2D eigenvalue weighted by molar-refractivity contribution is 6.76. The second-order valence-electron chi connectivity index (χ2n) is 10.6. The van der Waals surface area contributed by atoms with E-state index in [0.29, 0.717) is 24.3 Å². The predicted molar refractivity (Wildman–Crippen MR) is 128 cm³/mol. The third kappa shape index (κ3) is 6.17. The van der Waals surface area contributed by atoms with Gasteiger partial charge in [-0.15, -0.1) is 0 Å². The molecule has 0 amide bonds. The molecule has 0 aliphatic carbocycles. The number of hydrogen-bond acceptors (Lipinski definition) is 5. The van der Waals surface area contributed by atoms with Crippen molar-refractivity contribution in [2.45, 2.75) is 66.2 Å². The van der Waals surface area contributed by atoms with Gasteiger partial charge in [0.1, 0.15) is 12.4 Å². The molecule has 1 aliphatic heterocycles. The van der Waals surface area contributed by atoms with Crippen LogP contribution in [0.3, 0.4) is 0 Å². The maximum absolute atomic E-state index is 12.3. The van der Waals surface area contributed by atoms with Crippen molar-refractivity contribution in [1.29, 1.82) is 0 Å². The molecule has 31 heavy (non-hydrogen) atoms. The molecule has 0 spiro atoms. The molecule has 1 saturated heterocycles. The maximum atomic E-state index is 12.3. The molecular formula is C24H39N3O3Si. The van der Waals surface area contributed by atoms with Crippen LogP contribution in [0.25, 0.3) is 11.0 Å². The molecule has 2 aromatic rings. The molecule has 3 rings (SSSR count). The number of esters is 1. The summed E-state index contributed by atoms with van der Waals surface area (Å²) in [6.45, 7) is 18.0. The summed E-state index contributed by atoms with van der Waals surface area (Å²) in [6, 6.07) is 3.06. The fraction of sp³-hybridized carbons (Fsp3) is 0.667. The van der Waals surface area contributed by atoms with Crippen molar-refractivity contribution in [2.24, 2.45) is 11.8 Å². The van der Waals surface area contributed by atoms with Crippen LogP contribution in [0.5, 0.6) is 0 Å². The Kier molecular flexibility index (Phi) is 7.60. The number of likely N-dealkylation sites (tertiary alicyclic amines) is 1. The molecule has 6 nitrogen and oxygen atoms in total. The number of ether oxygens (including phenoxy) is 2. The van der Waals surface area contributed by atoms with E-state index < -0.39 is 8.07 Å². The van der Waals surface area contributed by atoms with Crippen LogP contribution in [0.2, 0.25) is 25.7 Å². The third-order valence-electron chi connectivity index (χ3n) is 6.04. The molecule has 0 aromatic carbocycles. The molecule has 0 saturated carbocycles. The Hall–Kier alpha value is -1.70. The zero-order chi connectivity index (χ0) is 22.8. The van der Waals surface area contributed by atoms with Gasteiger partial charge in [-0.1, -0.05) is 33.5 Å². The molecule has 1 fully saturated rings. The Morgan fingerprint density at radius 1 is 1.23 bits per heavy atom. The van der Waals surface area contributed by atoms with Gasteiger partial charge in [0.05, 0.1) is 18.1 Å². The fourth-order valence-corrected chi connectivity index (χ4v) is 5.44. The van der Waals surface area contributed by atoms with Crippen molar-refractivity contribution in [2.75, 3.05) is 26.8 Å². The Balaban J connectivity index is 1.93. The van der Waals surface area contributed by atoms with Crippen LogP contribution in [-0.4, -0.2) is 55.3 Å². The maximum Gasteiger partial charge on any atom is 0.356 e. The van der Waals surface area contributed by atoms with E-state index in [1.165, 1.54) is 13.5 Å². The summed E-state index contributed by atoms with van der Waals surface area (Å²) in [4.78, 5) is 19.5. The van der Waals surface area contributed by atoms with E-state index in [4.69, 9.17) is 9.47 Å². The fourth-order valence-electron chi connectivity index (χ4n) is 4.68. The molecule has 1 aliphatic rings. The lowest BCUT2D eigenvalue weighted by Gasteiger charge is -2.35. The van der Waals surface area contributed by atoms with E-state index in [2.05, 4.69) is 54.1 Å². The number of piperidine rings is 1. The standard InChI is InChI=1S/C24H39N3O3Si/c1-17-10-18(2)13-26(12-17)15-20-11-21(24(28)29-4)25-22-19(3)14-27(23(20)22)16-30-8-9-31(5,6)7/h11,14,17-18H,8-10,12-13,15-16H2,1-7H3/t17-,18+. The van der Waals surface area contributed by atoms with Gasteiger partial charge in [-0.3, -0.25) is 4.90 Å². The normalized spacial score (nSPS) is 20.4. The monoisotopic (exact) mass is 445 g/mol. The second kappa shape index (κ2) is 9.84. The lowest BCUT2D eigenvalue weighted by molar-refractivity contribution is 0.0594. The molecule has 2 atom stereocenters. The Morgan fingerprint density at radius 2 is 1.90 bits per heavy atom. The predicted octanol–water partition coefficient (Wildman–Crippen LogP) is 4.92. The molecule has 7 heteroatoms. The molecule has 2 aromatic heterocycles. The zero-order valence-corrected chi connectivity index (χ0v) is 21.3. The number of methoxy groups -OCH3 is 1. The number of pyridine rings is 1. The minimum absolute atomic E-state index is 0.378. The lowest BCUT2D eigenvalue weighted by atomic mass is 9.91. The Bertz CT molecular complexity index is 909. The number of carbonyl (C=O) groups is 1. The van der Waals surface area contributed by atoms with E-state index in [-0.39, 0.29) is 5.97 Å². The minimum atomic E-state index is -1.13. The molecule has 0 N–H and O–H groups in total. The number of nitrogens with zero attached hydrogens (tertiary/aromatic N) is 3. The highest BCUT2D eigenvalue weighted by Crippen LogP contribution is 2.28. The van der Waals surface area contributed by atoms with E-state index in [9.17, 15) is 4.79 Å². The quantitative estimate of drug-likeness (QED) is 0.328. The second-order valence-corrected chi connectivity index (χ2v) is 16.2. The molecular weight excluding hydrogens is 406 g/mol. The van der Waals surface area contributed by atoms with Crippen LogP contribution in [0.1, 0.15) is 41.9 Å². The van der Waals surface area contributed by atoms with Gasteiger partial charge in [-0.05, 0) is 48.4 Å². The van der Waals surface area contributed by atoms with Crippen LogP contribution in [0.15, 0.2) is 12.3 Å². The average Bonchev–Trinajstić information content (AvgIpc) is 2.99. The number of carbonyl (C=O) groups excluding carboxylic acids is 1. The molecule has 0 bridgehead atoms. The summed E-state index contributed by atoms with van der Waals surface area (Å²) >= 11 is 0. The number of hydrogen-bond donors (Lipinski definition) is 0. The van der Waals surface area contributed by atoms with Crippen LogP contribution < -0.4 is 0 Å². The summed E-state index contributed by atoms with van der Waals surface area (Å²) in [5, 5.41) is 0. The summed E-state index contributed by atoms with van der Waals surface area (Å²) in [7, 11) is 0.283. The van der Waals surface area contributed by atoms with Gasteiger partial charge in [0, 0.05) is 40.5 Å².